The van der Waals surface area contributed by atoms with Crippen LogP contribution in [-0.4, -0.2) is 21.4 Å². The number of amides is 1. The molecule has 1 unspecified atom stereocenters. The molecule has 21 heavy (non-hydrogen) atoms. The van der Waals surface area contributed by atoms with Gasteiger partial charge in [0.25, 0.3) is 0 Å². The number of nitriles is 1. The fourth-order valence-corrected chi connectivity index (χ4v) is 3.27. The molecule has 0 aliphatic rings. The van der Waals surface area contributed by atoms with Crippen molar-refractivity contribution in [3.8, 4) is 5.40 Å². The maximum atomic E-state index is 10.6. The Morgan fingerprint density at radius 1 is 1.48 bits per heavy atom. The van der Waals surface area contributed by atoms with Crippen LogP contribution < -0.4 is 10.6 Å². The van der Waals surface area contributed by atoms with Gasteiger partial charge >= 0.3 is 0 Å². The number of nitrogens with zero attached hydrogens (tertiary/aromatic N) is 2. The quantitative estimate of drug-likeness (QED) is 0.271. The molecule has 110 valence electrons. The molecule has 2 aromatic rings. The van der Waals surface area contributed by atoms with Crippen molar-refractivity contribution in [2.75, 3.05) is 5.32 Å². The Morgan fingerprint density at radius 2 is 2.24 bits per heavy atom. The minimum atomic E-state index is -1.72. The maximum Gasteiger partial charge on any atom is 0.228 e. The van der Waals surface area contributed by atoms with Crippen molar-refractivity contribution >= 4 is 79.7 Å². The first-order valence-corrected chi connectivity index (χ1v) is 8.20. The van der Waals surface area contributed by atoms with Crippen molar-refractivity contribution in [2.24, 2.45) is 0 Å². The predicted molar refractivity (Wildman–Crippen MR) is 88.0 cm³/mol. The lowest BCUT2D eigenvalue weighted by atomic mass is 10.3. The highest BCUT2D eigenvalue weighted by Gasteiger charge is 2.33. The van der Waals surface area contributed by atoms with E-state index in [1.54, 1.807) is 12.1 Å². The molecule has 1 amide bonds. The second kappa shape index (κ2) is 6.90. The van der Waals surface area contributed by atoms with Crippen LogP contribution in [0.4, 0.5) is 5.13 Å². The zero-order chi connectivity index (χ0) is 15.5. The van der Waals surface area contributed by atoms with Gasteiger partial charge in [-0.15, -0.1) is 0 Å². The number of thioether (sulfide) groups is 1. The van der Waals surface area contributed by atoms with Crippen LogP contribution in [0.3, 0.4) is 0 Å². The number of thiazole rings is 1. The summed E-state index contributed by atoms with van der Waals surface area (Å²) in [5.74, 6) is 0. The van der Waals surface area contributed by atoms with Crippen LogP contribution in [0.2, 0.25) is 0 Å². The van der Waals surface area contributed by atoms with Gasteiger partial charge in [0.2, 0.25) is 10.2 Å². The molecule has 1 aromatic carbocycles. The summed E-state index contributed by atoms with van der Waals surface area (Å²) in [7, 11) is 0. The fourth-order valence-electron chi connectivity index (χ4n) is 1.49. The third kappa shape index (κ3) is 4.28. The Bertz CT molecular complexity index is 695. The van der Waals surface area contributed by atoms with E-state index in [4.69, 9.17) is 40.1 Å². The zero-order valence-electron chi connectivity index (χ0n) is 10.1. The fraction of sp³-hybridized carbons (Fsp3) is 0.182. The van der Waals surface area contributed by atoms with Gasteiger partial charge in [-0.05, 0) is 30.0 Å². The Morgan fingerprint density at radius 3 is 2.86 bits per heavy atom. The molecule has 2 rings (SSSR count). The summed E-state index contributed by atoms with van der Waals surface area (Å²) >= 11 is 19.7. The van der Waals surface area contributed by atoms with Crippen molar-refractivity contribution in [2.45, 2.75) is 14.9 Å². The van der Waals surface area contributed by atoms with Gasteiger partial charge in [-0.3, -0.25) is 4.79 Å². The average molecular weight is 382 g/mol. The number of halogens is 3. The smallest absolute Gasteiger partial charge is 0.228 e. The number of hydrogen-bond donors (Lipinski definition) is 2. The van der Waals surface area contributed by atoms with Crippen LogP contribution in [0, 0.1) is 10.7 Å². The average Bonchev–Trinajstić information content (AvgIpc) is 2.79. The van der Waals surface area contributed by atoms with E-state index in [9.17, 15) is 4.79 Å². The Hall–Kier alpha value is -0.910. The number of rotatable bonds is 5. The van der Waals surface area contributed by atoms with Crippen LogP contribution in [-0.2, 0) is 4.79 Å². The monoisotopic (exact) mass is 380 g/mol. The minimum absolute atomic E-state index is 0.439. The van der Waals surface area contributed by atoms with Crippen molar-refractivity contribution in [3.63, 3.8) is 0 Å². The first-order valence-electron chi connectivity index (χ1n) is 5.43. The Labute approximate surface area is 143 Å². The number of carbonyl (C=O) groups is 1. The van der Waals surface area contributed by atoms with Crippen LogP contribution >= 0.6 is 57.9 Å². The Balaban J connectivity index is 2.26. The molecule has 0 spiro atoms. The number of thiocyanates is 1. The molecule has 10 heteroatoms. The molecular weight excluding hydrogens is 375 g/mol. The van der Waals surface area contributed by atoms with Gasteiger partial charge in [0, 0.05) is 4.90 Å². The normalized spacial score (nSPS) is 12.7. The summed E-state index contributed by atoms with van der Waals surface area (Å²) in [5, 5.41) is 16.4. The third-order valence-electron chi connectivity index (χ3n) is 2.35. The van der Waals surface area contributed by atoms with E-state index in [1.807, 2.05) is 11.5 Å². The largest absolute Gasteiger partial charge is 0.338 e. The van der Waals surface area contributed by atoms with Gasteiger partial charge in [0.1, 0.15) is 11.6 Å². The molecule has 0 saturated carbocycles. The van der Waals surface area contributed by atoms with Gasteiger partial charge < -0.3 is 10.6 Å². The first-order chi connectivity index (χ1) is 9.94. The topological polar surface area (TPSA) is 77.8 Å². The van der Waals surface area contributed by atoms with Crippen molar-refractivity contribution < 1.29 is 4.79 Å². The van der Waals surface area contributed by atoms with Crippen LogP contribution in [0.5, 0.6) is 0 Å². The summed E-state index contributed by atoms with van der Waals surface area (Å²) < 4.78 is -0.840. The Kier molecular flexibility index (Phi) is 5.41. The molecule has 0 saturated heterocycles. The van der Waals surface area contributed by atoms with Crippen molar-refractivity contribution in [3.05, 3.63) is 18.2 Å². The highest BCUT2D eigenvalue weighted by atomic mass is 35.6. The highest BCUT2D eigenvalue weighted by molar-refractivity contribution is 8.03. The molecule has 0 aliphatic carbocycles. The number of benzene rings is 1. The van der Waals surface area contributed by atoms with Gasteiger partial charge in [-0.1, -0.05) is 46.1 Å². The lowest BCUT2D eigenvalue weighted by molar-refractivity contribution is -0.110. The molecule has 2 N–H and O–H groups in total. The molecule has 0 radical (unpaired) electrons. The molecule has 1 aromatic heterocycles. The number of hydrogen-bond acceptors (Lipinski definition) is 6. The standard InChI is InChI=1S/C11H7Cl3N4OS2/c12-11(13,14)9(16-5-19)18-10-17-7-2-1-6(20-4-15)3-8(7)21-10/h1-3,5,9H,(H,16,19)(H,17,18). The molecular formula is C11H7Cl3N4OS2. The third-order valence-corrected chi connectivity index (χ3v) is 4.54. The van der Waals surface area contributed by atoms with E-state index in [0.29, 0.717) is 11.5 Å². The molecule has 0 aliphatic heterocycles. The van der Waals surface area contributed by atoms with Gasteiger partial charge in [0.05, 0.1) is 10.2 Å². The van der Waals surface area contributed by atoms with Gasteiger partial charge in [-0.25, -0.2) is 4.98 Å². The van der Waals surface area contributed by atoms with Crippen LogP contribution in [0.15, 0.2) is 23.1 Å². The lowest BCUT2D eigenvalue weighted by Gasteiger charge is -2.24. The molecule has 0 bridgehead atoms. The summed E-state index contributed by atoms with van der Waals surface area (Å²) in [6, 6.07) is 5.45. The minimum Gasteiger partial charge on any atom is -0.338 e. The summed E-state index contributed by atoms with van der Waals surface area (Å²) in [5.41, 5.74) is 0.749. The number of fused-ring (bicyclic) bond motifs is 1. The molecule has 1 heterocycles. The first kappa shape index (κ1) is 16.5. The number of carbonyl (C=O) groups excluding carboxylic acids is 1. The van der Waals surface area contributed by atoms with Gasteiger partial charge in [0.15, 0.2) is 5.13 Å². The van der Waals surface area contributed by atoms with Crippen molar-refractivity contribution in [1.82, 2.24) is 10.3 Å². The molecule has 5 nitrogen and oxygen atoms in total. The number of aromatic nitrogens is 1. The second-order valence-corrected chi connectivity index (χ2v) is 8.00. The van der Waals surface area contributed by atoms with Crippen LogP contribution in [0.25, 0.3) is 10.2 Å². The second-order valence-electron chi connectivity index (χ2n) is 3.75. The number of anilines is 1. The van der Waals surface area contributed by atoms with Crippen LogP contribution in [0.1, 0.15) is 0 Å². The van der Waals surface area contributed by atoms with E-state index in [1.165, 1.54) is 11.3 Å². The van der Waals surface area contributed by atoms with E-state index in [-0.39, 0.29) is 0 Å². The van der Waals surface area contributed by atoms with E-state index >= 15 is 0 Å². The summed E-state index contributed by atoms with van der Waals surface area (Å²) in [6.07, 6.45) is -0.470. The highest BCUT2D eigenvalue weighted by Crippen LogP contribution is 2.34. The maximum absolute atomic E-state index is 10.6. The van der Waals surface area contributed by atoms with Gasteiger partial charge in [-0.2, -0.15) is 5.26 Å². The predicted octanol–water partition coefficient (Wildman–Crippen LogP) is 3.72. The summed E-state index contributed by atoms with van der Waals surface area (Å²) in [4.78, 5) is 15.7. The number of alkyl halides is 3. The van der Waals surface area contributed by atoms with E-state index < -0.39 is 9.96 Å². The summed E-state index contributed by atoms with van der Waals surface area (Å²) in [6.45, 7) is 0. The molecule has 1 atom stereocenters. The van der Waals surface area contributed by atoms with Crippen molar-refractivity contribution in [1.29, 1.82) is 5.26 Å². The zero-order valence-corrected chi connectivity index (χ0v) is 14.0. The SMILES string of the molecule is N#CSc1ccc2nc(NC(NC=O)C(Cl)(Cl)Cl)sc2c1. The molecule has 0 fully saturated rings. The van der Waals surface area contributed by atoms with E-state index in [0.717, 1.165) is 26.9 Å². The van der Waals surface area contributed by atoms with E-state index in [2.05, 4.69) is 15.6 Å². The lowest BCUT2D eigenvalue weighted by Crippen LogP contribution is -2.45. The number of nitrogens with one attached hydrogen (secondary N) is 2.